The van der Waals surface area contributed by atoms with Gasteiger partial charge in [0, 0.05) is 52.4 Å². The number of nitrogens with zero attached hydrogens (tertiary/aromatic N) is 1. The Labute approximate surface area is 113 Å². The molecule has 0 atom stereocenters. The molecule has 1 heterocycles. The van der Waals surface area contributed by atoms with Crippen molar-refractivity contribution in [2.45, 2.75) is 6.42 Å². The topological polar surface area (TPSA) is 33.7 Å². The van der Waals surface area contributed by atoms with E-state index in [1.807, 2.05) is 0 Å². The number of nitrogens with one attached hydrogen (secondary N) is 1. The summed E-state index contributed by atoms with van der Waals surface area (Å²) in [4.78, 5) is 2.16. The van der Waals surface area contributed by atoms with E-state index < -0.39 is 0 Å². The highest BCUT2D eigenvalue weighted by atomic mass is 19.1. The summed E-state index contributed by atoms with van der Waals surface area (Å²) in [5, 5.41) is 3.29. The standard InChI is InChI=1S/C14H21FN2O2/c1-18-9-2-10-19-14-4-3-12(15)11-13(14)17-7-5-16-6-8-17/h3-4,11,16H,2,5-10H2,1H3. The van der Waals surface area contributed by atoms with Gasteiger partial charge in [-0.15, -0.1) is 0 Å². The number of benzene rings is 1. The molecular weight excluding hydrogens is 247 g/mol. The number of halogens is 1. The molecule has 106 valence electrons. The van der Waals surface area contributed by atoms with Gasteiger partial charge in [0.2, 0.25) is 0 Å². The quantitative estimate of drug-likeness (QED) is 0.795. The highest BCUT2D eigenvalue weighted by molar-refractivity contribution is 5.59. The SMILES string of the molecule is COCCCOc1ccc(F)cc1N1CCNCC1. The maximum Gasteiger partial charge on any atom is 0.142 e. The van der Waals surface area contributed by atoms with Crippen LogP contribution in [0.5, 0.6) is 5.75 Å². The first-order valence-electron chi connectivity index (χ1n) is 6.68. The Kier molecular flexibility index (Phi) is 5.42. The molecule has 0 amide bonds. The Morgan fingerprint density at radius 3 is 2.79 bits per heavy atom. The normalized spacial score (nSPS) is 15.6. The smallest absolute Gasteiger partial charge is 0.142 e. The van der Waals surface area contributed by atoms with E-state index >= 15 is 0 Å². The van der Waals surface area contributed by atoms with Gasteiger partial charge >= 0.3 is 0 Å². The number of piperazine rings is 1. The molecule has 2 rings (SSSR count). The van der Waals surface area contributed by atoms with Crippen LogP contribution in [0.25, 0.3) is 0 Å². The summed E-state index contributed by atoms with van der Waals surface area (Å²) in [5.74, 6) is 0.525. The van der Waals surface area contributed by atoms with Crippen molar-refractivity contribution in [3.63, 3.8) is 0 Å². The van der Waals surface area contributed by atoms with E-state index in [9.17, 15) is 4.39 Å². The van der Waals surface area contributed by atoms with Crippen molar-refractivity contribution < 1.29 is 13.9 Å². The van der Waals surface area contributed by atoms with Crippen LogP contribution in [0.15, 0.2) is 18.2 Å². The van der Waals surface area contributed by atoms with Crippen LogP contribution in [0.4, 0.5) is 10.1 Å². The Morgan fingerprint density at radius 1 is 1.26 bits per heavy atom. The van der Waals surface area contributed by atoms with E-state index in [1.165, 1.54) is 6.07 Å². The van der Waals surface area contributed by atoms with Gasteiger partial charge in [-0.1, -0.05) is 0 Å². The molecule has 19 heavy (non-hydrogen) atoms. The summed E-state index contributed by atoms with van der Waals surface area (Å²) in [6.45, 7) is 4.83. The zero-order valence-electron chi connectivity index (χ0n) is 11.3. The van der Waals surface area contributed by atoms with Crippen molar-refractivity contribution in [3.05, 3.63) is 24.0 Å². The second kappa shape index (κ2) is 7.31. The van der Waals surface area contributed by atoms with E-state index in [4.69, 9.17) is 9.47 Å². The molecule has 1 fully saturated rings. The molecule has 1 saturated heterocycles. The van der Waals surface area contributed by atoms with E-state index in [2.05, 4.69) is 10.2 Å². The van der Waals surface area contributed by atoms with Gasteiger partial charge < -0.3 is 19.7 Å². The molecule has 1 aromatic carbocycles. The van der Waals surface area contributed by atoms with Crippen LogP contribution in [0.2, 0.25) is 0 Å². The fourth-order valence-electron chi connectivity index (χ4n) is 2.15. The van der Waals surface area contributed by atoms with Crippen molar-refractivity contribution in [3.8, 4) is 5.75 Å². The Hall–Kier alpha value is -1.33. The molecule has 0 radical (unpaired) electrons. The lowest BCUT2D eigenvalue weighted by atomic mass is 10.2. The zero-order chi connectivity index (χ0) is 13.5. The van der Waals surface area contributed by atoms with Gasteiger partial charge in [0.15, 0.2) is 0 Å². The van der Waals surface area contributed by atoms with E-state index in [0.717, 1.165) is 44.0 Å². The maximum absolute atomic E-state index is 13.4. The van der Waals surface area contributed by atoms with E-state index in [0.29, 0.717) is 13.2 Å². The van der Waals surface area contributed by atoms with Crippen molar-refractivity contribution in [1.29, 1.82) is 0 Å². The Morgan fingerprint density at radius 2 is 2.05 bits per heavy atom. The summed E-state index contributed by atoms with van der Waals surface area (Å²) in [5.41, 5.74) is 0.846. The lowest BCUT2D eigenvalue weighted by Crippen LogP contribution is -2.43. The van der Waals surface area contributed by atoms with Crippen LogP contribution in [0, 0.1) is 5.82 Å². The third-order valence-corrected chi connectivity index (χ3v) is 3.13. The molecule has 1 aromatic rings. The number of ether oxygens (including phenoxy) is 2. The highest BCUT2D eigenvalue weighted by Crippen LogP contribution is 2.29. The summed E-state index contributed by atoms with van der Waals surface area (Å²) < 4.78 is 24.2. The number of methoxy groups -OCH3 is 1. The second-order valence-electron chi connectivity index (χ2n) is 4.54. The average molecular weight is 268 g/mol. The minimum atomic E-state index is -0.224. The molecular formula is C14H21FN2O2. The number of hydrogen-bond acceptors (Lipinski definition) is 4. The molecule has 0 saturated carbocycles. The van der Waals surface area contributed by atoms with Gasteiger partial charge in [0.05, 0.1) is 12.3 Å². The number of anilines is 1. The van der Waals surface area contributed by atoms with Crippen molar-refractivity contribution in [1.82, 2.24) is 5.32 Å². The summed E-state index contributed by atoms with van der Waals surface area (Å²) in [6.07, 6.45) is 0.828. The minimum Gasteiger partial charge on any atom is -0.491 e. The van der Waals surface area contributed by atoms with Crippen LogP contribution >= 0.6 is 0 Å². The first kappa shape index (κ1) is 14.1. The van der Waals surface area contributed by atoms with Crippen LogP contribution in [-0.2, 0) is 4.74 Å². The van der Waals surface area contributed by atoms with Gasteiger partial charge in [-0.2, -0.15) is 0 Å². The van der Waals surface area contributed by atoms with Crippen LogP contribution in [-0.4, -0.2) is 46.5 Å². The average Bonchev–Trinajstić information content (AvgIpc) is 2.46. The Bertz CT molecular complexity index is 395. The van der Waals surface area contributed by atoms with E-state index in [-0.39, 0.29) is 5.82 Å². The molecule has 0 aromatic heterocycles. The molecule has 1 aliphatic rings. The molecule has 0 spiro atoms. The summed E-state index contributed by atoms with van der Waals surface area (Å²) in [7, 11) is 1.67. The summed E-state index contributed by atoms with van der Waals surface area (Å²) in [6, 6.07) is 4.70. The fourth-order valence-corrected chi connectivity index (χ4v) is 2.15. The Balaban J connectivity index is 2.03. The predicted octanol–water partition coefficient (Wildman–Crippen LogP) is 1.65. The van der Waals surface area contributed by atoms with Crippen molar-refractivity contribution in [2.75, 3.05) is 51.4 Å². The zero-order valence-corrected chi connectivity index (χ0v) is 11.3. The van der Waals surface area contributed by atoms with Gasteiger partial charge in [0.1, 0.15) is 11.6 Å². The molecule has 0 bridgehead atoms. The molecule has 4 nitrogen and oxygen atoms in total. The highest BCUT2D eigenvalue weighted by Gasteiger charge is 2.15. The lowest BCUT2D eigenvalue weighted by Gasteiger charge is -2.30. The lowest BCUT2D eigenvalue weighted by molar-refractivity contribution is 0.172. The van der Waals surface area contributed by atoms with Crippen LogP contribution in [0.1, 0.15) is 6.42 Å². The van der Waals surface area contributed by atoms with Gasteiger partial charge in [-0.25, -0.2) is 4.39 Å². The monoisotopic (exact) mass is 268 g/mol. The van der Waals surface area contributed by atoms with Gasteiger partial charge in [-0.05, 0) is 12.1 Å². The molecule has 1 N–H and O–H groups in total. The minimum absolute atomic E-state index is 0.224. The van der Waals surface area contributed by atoms with E-state index in [1.54, 1.807) is 19.2 Å². The summed E-state index contributed by atoms with van der Waals surface area (Å²) >= 11 is 0. The number of hydrogen-bond donors (Lipinski definition) is 1. The molecule has 1 aliphatic heterocycles. The predicted molar refractivity (Wildman–Crippen MR) is 73.5 cm³/mol. The van der Waals surface area contributed by atoms with Crippen molar-refractivity contribution >= 4 is 5.69 Å². The van der Waals surface area contributed by atoms with Crippen molar-refractivity contribution in [2.24, 2.45) is 0 Å². The first-order chi connectivity index (χ1) is 9.31. The molecule has 0 aliphatic carbocycles. The van der Waals surface area contributed by atoms with Crippen LogP contribution < -0.4 is 15.0 Å². The second-order valence-corrected chi connectivity index (χ2v) is 4.54. The van der Waals surface area contributed by atoms with Crippen LogP contribution in [0.3, 0.4) is 0 Å². The van der Waals surface area contributed by atoms with Gasteiger partial charge in [-0.3, -0.25) is 0 Å². The number of rotatable bonds is 6. The molecule has 0 unspecified atom stereocenters. The largest absolute Gasteiger partial charge is 0.491 e. The fraction of sp³-hybridized carbons (Fsp3) is 0.571. The third kappa shape index (κ3) is 4.08. The third-order valence-electron chi connectivity index (χ3n) is 3.13. The van der Waals surface area contributed by atoms with Gasteiger partial charge in [0.25, 0.3) is 0 Å². The maximum atomic E-state index is 13.4. The molecule has 5 heteroatoms. The first-order valence-corrected chi connectivity index (χ1v) is 6.68.